The Morgan fingerprint density at radius 2 is 1.70 bits per heavy atom. The molecule has 8 nitrogen and oxygen atoms in total. The number of nitrogens with one attached hydrogen (secondary N) is 1. The Kier molecular flexibility index (Phi) is 6.37. The number of benzene rings is 3. The third-order valence-electron chi connectivity index (χ3n) is 4.67. The Morgan fingerprint density at radius 3 is 2.45 bits per heavy atom. The molecule has 166 valence electrons. The molecule has 0 radical (unpaired) electrons. The average Bonchev–Trinajstić information content (AvgIpc) is 2.82. The van der Waals surface area contributed by atoms with Crippen LogP contribution < -0.4 is 15.6 Å². The molecule has 0 saturated carbocycles. The van der Waals surface area contributed by atoms with Crippen LogP contribution in [0, 0.1) is 0 Å². The number of hydrogen-bond acceptors (Lipinski definition) is 6. The topological polar surface area (TPSA) is 99.5 Å². The zero-order valence-electron chi connectivity index (χ0n) is 17.4. The molecule has 0 aliphatic rings. The number of fused-ring (bicyclic) bond motifs is 1. The van der Waals surface area contributed by atoms with Crippen LogP contribution >= 0.6 is 11.6 Å². The second-order valence-corrected chi connectivity index (χ2v) is 7.44. The van der Waals surface area contributed by atoms with E-state index in [1.807, 2.05) is 18.2 Å². The van der Waals surface area contributed by atoms with Crippen LogP contribution in [0.3, 0.4) is 0 Å². The Bertz CT molecular complexity index is 1400. The van der Waals surface area contributed by atoms with E-state index >= 15 is 0 Å². The molecule has 0 unspecified atom stereocenters. The maximum atomic E-state index is 12.6. The van der Waals surface area contributed by atoms with Gasteiger partial charge in [-0.2, -0.15) is 5.10 Å². The fourth-order valence-electron chi connectivity index (χ4n) is 3.14. The van der Waals surface area contributed by atoms with E-state index in [1.165, 1.54) is 13.1 Å². The summed E-state index contributed by atoms with van der Waals surface area (Å²) in [4.78, 5) is 37.3. The van der Waals surface area contributed by atoms with Gasteiger partial charge >= 0.3 is 5.97 Å². The van der Waals surface area contributed by atoms with Gasteiger partial charge in [0.25, 0.3) is 11.5 Å². The highest BCUT2D eigenvalue weighted by Crippen LogP contribution is 2.32. The summed E-state index contributed by atoms with van der Waals surface area (Å²) < 4.78 is 12.0. The van der Waals surface area contributed by atoms with Gasteiger partial charge in [-0.1, -0.05) is 48.0 Å². The molecule has 0 spiro atoms. The van der Waals surface area contributed by atoms with Gasteiger partial charge in [0.05, 0.1) is 11.1 Å². The van der Waals surface area contributed by atoms with Crippen molar-refractivity contribution in [3.63, 3.8) is 0 Å². The monoisotopic (exact) mass is 463 g/mol. The lowest BCUT2D eigenvalue weighted by Crippen LogP contribution is -2.26. The first-order valence-corrected chi connectivity index (χ1v) is 10.3. The van der Waals surface area contributed by atoms with Gasteiger partial charge in [0.2, 0.25) is 0 Å². The molecule has 1 N–H and O–H groups in total. The number of halogens is 1. The van der Waals surface area contributed by atoms with Gasteiger partial charge in [0, 0.05) is 17.5 Å². The number of esters is 1. The largest absolute Gasteiger partial charge is 0.455 e. The number of para-hydroxylation sites is 1. The second kappa shape index (κ2) is 9.54. The van der Waals surface area contributed by atoms with Crippen LogP contribution in [-0.2, 0) is 16.6 Å². The lowest BCUT2D eigenvalue weighted by Gasteiger charge is -2.13. The van der Waals surface area contributed by atoms with Crippen LogP contribution in [0.1, 0.15) is 10.5 Å². The van der Waals surface area contributed by atoms with E-state index in [-0.39, 0.29) is 11.3 Å². The van der Waals surface area contributed by atoms with Gasteiger partial charge in [-0.3, -0.25) is 9.59 Å². The molecule has 0 atom stereocenters. The van der Waals surface area contributed by atoms with Crippen LogP contribution in [0.2, 0.25) is 5.02 Å². The molecule has 1 aromatic heterocycles. The van der Waals surface area contributed by atoms with E-state index in [2.05, 4.69) is 10.4 Å². The zero-order chi connectivity index (χ0) is 23.4. The Hall–Kier alpha value is -4.17. The summed E-state index contributed by atoms with van der Waals surface area (Å²) in [5, 5.41) is 7.70. The quantitative estimate of drug-likeness (QED) is 0.431. The molecule has 3 aromatic carbocycles. The summed E-state index contributed by atoms with van der Waals surface area (Å²) >= 11 is 6.07. The molecule has 4 rings (SSSR count). The minimum Gasteiger partial charge on any atom is -0.455 e. The second-order valence-electron chi connectivity index (χ2n) is 7.00. The first-order valence-electron chi connectivity index (χ1n) is 9.88. The van der Waals surface area contributed by atoms with Crippen molar-refractivity contribution in [3.8, 4) is 11.5 Å². The van der Waals surface area contributed by atoms with Crippen LogP contribution in [0.5, 0.6) is 11.5 Å². The molecular formula is C24H18ClN3O5. The van der Waals surface area contributed by atoms with Gasteiger partial charge in [-0.05, 0) is 36.4 Å². The van der Waals surface area contributed by atoms with E-state index in [0.29, 0.717) is 33.0 Å². The molecule has 33 heavy (non-hydrogen) atoms. The van der Waals surface area contributed by atoms with E-state index in [9.17, 15) is 14.4 Å². The third kappa shape index (κ3) is 5.02. The number of aryl methyl sites for hydroxylation is 1. The van der Waals surface area contributed by atoms with Crippen LogP contribution in [0.25, 0.3) is 10.8 Å². The molecule has 1 amide bonds. The van der Waals surface area contributed by atoms with Gasteiger partial charge in [-0.25, -0.2) is 9.48 Å². The number of anilines is 1. The smallest absolute Gasteiger partial charge is 0.359 e. The molecule has 0 aliphatic carbocycles. The van der Waals surface area contributed by atoms with Crippen molar-refractivity contribution < 1.29 is 19.1 Å². The minimum atomic E-state index is -0.830. The third-order valence-corrected chi connectivity index (χ3v) is 4.91. The standard InChI is InChI=1S/C24H18ClN3O5/c1-28-23(30)18-10-6-5-9-17(18)22(27-28)24(31)32-14-21(29)26-19-13-15(25)11-12-20(19)33-16-7-3-2-4-8-16/h2-13H,14H2,1H3,(H,26,29). The molecule has 1 heterocycles. The van der Waals surface area contributed by atoms with Gasteiger partial charge in [-0.15, -0.1) is 0 Å². The summed E-state index contributed by atoms with van der Waals surface area (Å²) in [5.74, 6) is -0.480. The van der Waals surface area contributed by atoms with E-state index in [0.717, 1.165) is 4.68 Å². The fraction of sp³-hybridized carbons (Fsp3) is 0.0833. The first kappa shape index (κ1) is 22.0. The van der Waals surface area contributed by atoms with E-state index < -0.39 is 18.5 Å². The van der Waals surface area contributed by atoms with E-state index in [1.54, 1.807) is 48.5 Å². The average molecular weight is 464 g/mol. The Balaban J connectivity index is 1.48. The molecular weight excluding hydrogens is 446 g/mol. The van der Waals surface area contributed by atoms with Crippen LogP contribution in [0.4, 0.5) is 5.69 Å². The molecule has 0 saturated heterocycles. The predicted molar refractivity (Wildman–Crippen MR) is 124 cm³/mol. The zero-order valence-corrected chi connectivity index (χ0v) is 18.2. The SMILES string of the molecule is Cn1nc(C(=O)OCC(=O)Nc2cc(Cl)ccc2Oc2ccccc2)c2ccccc2c1=O. The Morgan fingerprint density at radius 1 is 1.00 bits per heavy atom. The number of hydrogen-bond donors (Lipinski definition) is 1. The summed E-state index contributed by atoms with van der Waals surface area (Å²) in [7, 11) is 1.44. The number of aromatic nitrogens is 2. The molecule has 0 fully saturated rings. The van der Waals surface area contributed by atoms with Crippen molar-refractivity contribution in [1.29, 1.82) is 0 Å². The molecule has 0 aliphatic heterocycles. The van der Waals surface area contributed by atoms with Crippen molar-refractivity contribution in [2.45, 2.75) is 0 Å². The number of carbonyl (C=O) groups is 2. The number of rotatable bonds is 6. The predicted octanol–water partition coefficient (Wildman–Crippen LogP) is 4.17. The number of amides is 1. The summed E-state index contributed by atoms with van der Waals surface area (Å²) in [6, 6.07) is 20.4. The number of carbonyl (C=O) groups excluding carboxylic acids is 2. The van der Waals surface area contributed by atoms with E-state index in [4.69, 9.17) is 21.1 Å². The normalized spacial score (nSPS) is 10.6. The van der Waals surface area contributed by atoms with Crippen LogP contribution in [0.15, 0.2) is 77.6 Å². The van der Waals surface area contributed by atoms with Crippen LogP contribution in [-0.4, -0.2) is 28.3 Å². The Labute approximate surface area is 193 Å². The summed E-state index contributed by atoms with van der Waals surface area (Å²) in [6.07, 6.45) is 0. The summed E-state index contributed by atoms with van der Waals surface area (Å²) in [5.41, 5.74) is -0.0822. The maximum absolute atomic E-state index is 12.6. The molecule has 9 heteroatoms. The lowest BCUT2D eigenvalue weighted by molar-refractivity contribution is -0.119. The summed E-state index contributed by atoms with van der Waals surface area (Å²) in [6.45, 7) is -0.574. The molecule has 4 aromatic rings. The number of ether oxygens (including phenoxy) is 2. The van der Waals surface area contributed by atoms with Gasteiger partial charge in [0.1, 0.15) is 5.75 Å². The lowest BCUT2D eigenvalue weighted by atomic mass is 10.1. The molecule has 0 bridgehead atoms. The van der Waals surface area contributed by atoms with Crippen molar-refractivity contribution in [2.75, 3.05) is 11.9 Å². The van der Waals surface area contributed by atoms with Gasteiger partial charge < -0.3 is 14.8 Å². The van der Waals surface area contributed by atoms with Crippen molar-refractivity contribution in [2.24, 2.45) is 7.05 Å². The minimum absolute atomic E-state index is 0.0589. The van der Waals surface area contributed by atoms with Gasteiger partial charge in [0.15, 0.2) is 18.1 Å². The van der Waals surface area contributed by atoms with Crippen molar-refractivity contribution >= 4 is 39.9 Å². The number of nitrogens with zero attached hydrogens (tertiary/aromatic N) is 2. The fourth-order valence-corrected chi connectivity index (χ4v) is 3.31. The highest BCUT2D eigenvalue weighted by atomic mass is 35.5. The first-order chi connectivity index (χ1) is 15.9. The highest BCUT2D eigenvalue weighted by molar-refractivity contribution is 6.31. The van der Waals surface area contributed by atoms with Crippen molar-refractivity contribution in [1.82, 2.24) is 9.78 Å². The highest BCUT2D eigenvalue weighted by Gasteiger charge is 2.19. The maximum Gasteiger partial charge on any atom is 0.359 e. The van der Waals surface area contributed by atoms with Crippen molar-refractivity contribution in [3.05, 3.63) is 93.9 Å².